The summed E-state index contributed by atoms with van der Waals surface area (Å²) in [7, 11) is 0. The van der Waals surface area contributed by atoms with Gasteiger partial charge in [-0.3, -0.25) is 24.1 Å². The molecule has 0 unspecified atom stereocenters. The van der Waals surface area contributed by atoms with Crippen LogP contribution in [0.15, 0.2) is 18.2 Å². The molecule has 1 heterocycles. The molecule has 7 nitrogen and oxygen atoms in total. The maximum absolute atomic E-state index is 12.4. The predicted molar refractivity (Wildman–Crippen MR) is 94.0 cm³/mol. The monoisotopic (exact) mass is 364 g/mol. The summed E-state index contributed by atoms with van der Waals surface area (Å²) in [6.45, 7) is 2.68. The van der Waals surface area contributed by atoms with Crippen molar-refractivity contribution in [1.29, 1.82) is 0 Å². The minimum Gasteiger partial charge on any atom is -0.481 e. The zero-order valence-corrected chi connectivity index (χ0v) is 14.7. The number of carbonyl (C=O) groups is 4. The number of benzene rings is 1. The molecular weight excluding hydrogens is 344 g/mol. The van der Waals surface area contributed by atoms with Gasteiger partial charge in [0, 0.05) is 24.4 Å². The van der Waals surface area contributed by atoms with Gasteiger partial charge < -0.3 is 10.4 Å². The number of nitrogens with zero attached hydrogens (tertiary/aromatic N) is 1. The molecule has 0 atom stereocenters. The van der Waals surface area contributed by atoms with Crippen molar-refractivity contribution in [3.05, 3.63) is 34.9 Å². The lowest BCUT2D eigenvalue weighted by atomic mass is 10.1. The number of imide groups is 1. The van der Waals surface area contributed by atoms with E-state index < -0.39 is 5.97 Å². The number of amides is 3. The Bertz CT molecular complexity index is 704. The lowest BCUT2D eigenvalue weighted by molar-refractivity contribution is -0.133. The first kappa shape index (κ1) is 19.0. The Hall–Kier alpha value is -2.35. The number of carboxylic acid groups (broad SMARTS) is 1. The highest BCUT2D eigenvalue weighted by Crippen LogP contribution is 2.24. The van der Waals surface area contributed by atoms with Crippen LogP contribution in [-0.4, -0.2) is 58.3 Å². The smallest absolute Gasteiger partial charge is 0.313 e. The molecular formula is C17H20N2O5S. The normalized spacial score (nSPS) is 13.1. The number of thioether (sulfide) groups is 1. The molecule has 0 bridgehead atoms. The van der Waals surface area contributed by atoms with E-state index in [1.165, 1.54) is 34.9 Å². The fourth-order valence-corrected chi connectivity index (χ4v) is 3.01. The summed E-state index contributed by atoms with van der Waals surface area (Å²) < 4.78 is 0. The van der Waals surface area contributed by atoms with E-state index in [2.05, 4.69) is 5.32 Å². The zero-order chi connectivity index (χ0) is 18.4. The van der Waals surface area contributed by atoms with Gasteiger partial charge in [0.2, 0.25) is 0 Å². The van der Waals surface area contributed by atoms with Gasteiger partial charge in [-0.15, -0.1) is 11.8 Å². The van der Waals surface area contributed by atoms with E-state index in [4.69, 9.17) is 5.11 Å². The van der Waals surface area contributed by atoms with Crippen LogP contribution in [0.2, 0.25) is 0 Å². The van der Waals surface area contributed by atoms with E-state index in [1.807, 2.05) is 6.92 Å². The number of nitrogens with one attached hydrogen (secondary N) is 1. The third kappa shape index (κ3) is 4.60. The van der Waals surface area contributed by atoms with Gasteiger partial charge in [-0.05, 0) is 24.6 Å². The second-order valence-corrected chi connectivity index (χ2v) is 6.68. The number of hydrogen-bond acceptors (Lipinski definition) is 5. The van der Waals surface area contributed by atoms with Gasteiger partial charge >= 0.3 is 5.97 Å². The van der Waals surface area contributed by atoms with E-state index in [1.54, 1.807) is 0 Å². The van der Waals surface area contributed by atoms with Crippen LogP contribution in [0, 0.1) is 0 Å². The highest BCUT2D eigenvalue weighted by atomic mass is 32.2. The molecule has 1 aliphatic rings. The fourth-order valence-electron chi connectivity index (χ4n) is 2.45. The molecule has 2 rings (SSSR count). The van der Waals surface area contributed by atoms with Gasteiger partial charge in [-0.25, -0.2) is 0 Å². The summed E-state index contributed by atoms with van der Waals surface area (Å²) in [5.41, 5.74) is 0.893. The van der Waals surface area contributed by atoms with E-state index in [0.29, 0.717) is 30.0 Å². The standard InChI is InChI=1S/C17H20N2O5S/c1-2-3-7-19-16(23)12-5-4-11(9-13(12)17(19)24)15(22)18-6-8-25-10-14(20)21/h4-5,9H,2-3,6-8,10H2,1H3,(H,18,22)(H,20,21). The van der Waals surface area contributed by atoms with Gasteiger partial charge in [-0.1, -0.05) is 13.3 Å². The van der Waals surface area contributed by atoms with Crippen molar-refractivity contribution in [3.8, 4) is 0 Å². The van der Waals surface area contributed by atoms with Crippen LogP contribution in [0.3, 0.4) is 0 Å². The second-order valence-electron chi connectivity index (χ2n) is 5.58. The van der Waals surface area contributed by atoms with E-state index >= 15 is 0 Å². The van der Waals surface area contributed by atoms with Gasteiger partial charge in [0.15, 0.2) is 0 Å². The summed E-state index contributed by atoms with van der Waals surface area (Å²) in [5.74, 6) is -1.47. The fraction of sp³-hybridized carbons (Fsp3) is 0.412. The first-order valence-corrected chi connectivity index (χ1v) is 9.19. The maximum atomic E-state index is 12.4. The van der Waals surface area contributed by atoms with E-state index in [9.17, 15) is 19.2 Å². The third-order valence-electron chi connectivity index (χ3n) is 3.73. The molecule has 1 aromatic rings. The summed E-state index contributed by atoms with van der Waals surface area (Å²) in [6, 6.07) is 4.48. The van der Waals surface area contributed by atoms with Crippen molar-refractivity contribution in [2.75, 3.05) is 24.6 Å². The number of carboxylic acids is 1. The van der Waals surface area contributed by atoms with Gasteiger partial charge in [0.05, 0.1) is 16.9 Å². The minimum absolute atomic E-state index is 0.0150. The number of carbonyl (C=O) groups excluding carboxylic acids is 3. The van der Waals surface area contributed by atoms with Crippen LogP contribution in [0.1, 0.15) is 50.8 Å². The first-order chi connectivity index (χ1) is 12.0. The van der Waals surface area contributed by atoms with Crippen molar-refractivity contribution >= 4 is 35.5 Å². The number of aliphatic carboxylic acids is 1. The molecule has 2 N–H and O–H groups in total. The van der Waals surface area contributed by atoms with Crippen LogP contribution in [0.5, 0.6) is 0 Å². The van der Waals surface area contributed by atoms with Crippen LogP contribution >= 0.6 is 11.8 Å². The lowest BCUT2D eigenvalue weighted by Gasteiger charge is -2.12. The quantitative estimate of drug-likeness (QED) is 0.510. The molecule has 0 saturated carbocycles. The SMILES string of the molecule is CCCCN1C(=O)c2ccc(C(=O)NCCSCC(=O)O)cc2C1=O. The molecule has 0 spiro atoms. The molecule has 0 aromatic heterocycles. The number of fused-ring (bicyclic) bond motifs is 1. The Kier molecular flexibility index (Phi) is 6.58. The Morgan fingerprint density at radius 1 is 1.20 bits per heavy atom. The molecule has 0 fully saturated rings. The van der Waals surface area contributed by atoms with Crippen LogP contribution < -0.4 is 5.32 Å². The largest absolute Gasteiger partial charge is 0.481 e. The Labute approximate surface area is 149 Å². The molecule has 1 aliphatic heterocycles. The molecule has 25 heavy (non-hydrogen) atoms. The van der Waals surface area contributed by atoms with Crippen molar-refractivity contribution in [1.82, 2.24) is 10.2 Å². The number of hydrogen-bond donors (Lipinski definition) is 2. The average molecular weight is 364 g/mol. The molecule has 1 aromatic carbocycles. The number of rotatable bonds is 9. The molecule has 0 saturated heterocycles. The summed E-state index contributed by atoms with van der Waals surface area (Å²) >= 11 is 1.21. The zero-order valence-electron chi connectivity index (χ0n) is 13.9. The van der Waals surface area contributed by atoms with Gasteiger partial charge in [0.1, 0.15) is 0 Å². The Balaban J connectivity index is 1.98. The maximum Gasteiger partial charge on any atom is 0.313 e. The lowest BCUT2D eigenvalue weighted by Crippen LogP contribution is -2.30. The minimum atomic E-state index is -0.897. The molecule has 0 radical (unpaired) electrons. The van der Waals surface area contributed by atoms with Crippen molar-refractivity contribution in [2.24, 2.45) is 0 Å². The van der Waals surface area contributed by atoms with Crippen LogP contribution in [0.4, 0.5) is 0 Å². The van der Waals surface area contributed by atoms with Crippen molar-refractivity contribution < 1.29 is 24.3 Å². The summed E-state index contributed by atoms with van der Waals surface area (Å²) in [6.07, 6.45) is 1.62. The summed E-state index contributed by atoms with van der Waals surface area (Å²) in [5, 5.41) is 11.2. The van der Waals surface area contributed by atoms with Crippen molar-refractivity contribution in [3.63, 3.8) is 0 Å². The Morgan fingerprint density at radius 2 is 1.92 bits per heavy atom. The average Bonchev–Trinajstić information content (AvgIpc) is 2.83. The van der Waals surface area contributed by atoms with Crippen LogP contribution in [0.25, 0.3) is 0 Å². The molecule has 3 amide bonds. The van der Waals surface area contributed by atoms with E-state index in [0.717, 1.165) is 12.8 Å². The van der Waals surface area contributed by atoms with Gasteiger partial charge in [0.25, 0.3) is 17.7 Å². The van der Waals surface area contributed by atoms with Gasteiger partial charge in [-0.2, -0.15) is 0 Å². The topological polar surface area (TPSA) is 104 Å². The summed E-state index contributed by atoms with van der Waals surface area (Å²) in [4.78, 5) is 48.4. The predicted octanol–water partition coefficient (Wildman–Crippen LogP) is 1.63. The highest BCUT2D eigenvalue weighted by Gasteiger charge is 2.35. The van der Waals surface area contributed by atoms with Crippen molar-refractivity contribution in [2.45, 2.75) is 19.8 Å². The first-order valence-electron chi connectivity index (χ1n) is 8.03. The molecule has 0 aliphatic carbocycles. The number of unbranched alkanes of at least 4 members (excludes halogenated alkanes) is 1. The Morgan fingerprint density at radius 3 is 2.60 bits per heavy atom. The van der Waals surface area contributed by atoms with E-state index in [-0.39, 0.29) is 29.0 Å². The molecule has 8 heteroatoms. The second kappa shape index (κ2) is 8.66. The highest BCUT2D eigenvalue weighted by molar-refractivity contribution is 7.99. The molecule has 134 valence electrons. The van der Waals surface area contributed by atoms with Crippen LogP contribution in [-0.2, 0) is 4.79 Å². The third-order valence-corrected chi connectivity index (χ3v) is 4.67.